The normalized spacial score (nSPS) is 16.2. The Morgan fingerprint density at radius 2 is 1.12 bits per heavy atom. The minimum atomic E-state index is -5.05. The van der Waals surface area contributed by atoms with Crippen LogP contribution in [-0.2, 0) is 35.5 Å². The van der Waals surface area contributed by atoms with Crippen molar-refractivity contribution in [3.63, 3.8) is 0 Å². The molecule has 51 heavy (non-hydrogen) atoms. The van der Waals surface area contributed by atoms with E-state index in [9.17, 15) is 0 Å². The molecule has 4 aromatic carbocycles. The standard InChI is InChI=1S/C21H25.C12H19.2C7H7.CH2.2ClH.Zr/c1-20(2,3)16-9-7-14-11-15-8-10-17(21(4,5)6)13-19(15)18(14)12-16;1-9(2)10-6-7-11(8-10)12(3,4)5;2*1-7-5-3-2-4-6-7;;;;/h7,9-10,12-13H,11H2,1-6H3;7-10H,1-5H3;2*3-6H,1H3;1H2;2*1H;. The monoisotopic (exact) mass is 798 g/mol. The van der Waals surface area contributed by atoms with Gasteiger partial charge in [0.15, 0.2) is 0 Å². The van der Waals surface area contributed by atoms with Crippen LogP contribution in [0.15, 0.2) is 99.9 Å². The first kappa shape index (κ1) is 41.4. The molecule has 0 spiro atoms. The van der Waals surface area contributed by atoms with Crippen LogP contribution in [0.5, 0.6) is 0 Å². The van der Waals surface area contributed by atoms with Crippen LogP contribution < -0.4 is 9.81 Å². The van der Waals surface area contributed by atoms with E-state index < -0.39 is 18.3 Å². The van der Waals surface area contributed by atoms with Gasteiger partial charge < -0.3 is 0 Å². The van der Waals surface area contributed by atoms with Gasteiger partial charge in [-0.2, -0.15) is 0 Å². The molecule has 0 aliphatic heterocycles. The SMILES string of the molecule is Cl.Cl.[CH2]=[Zr]([C]1=CC(C(C)(C)C)=CC1C(C)C)([c]1ccc(C)cc1)([c]1ccc(C)cc1)[c]1cc(C(C)(C)C)cc2c1Cc1ccc(C(C)(C)C)cc1-2. The van der Waals surface area contributed by atoms with Gasteiger partial charge in [-0.25, -0.2) is 0 Å². The third kappa shape index (κ3) is 6.84. The summed E-state index contributed by atoms with van der Waals surface area (Å²) in [6.45, 7) is 30.6. The van der Waals surface area contributed by atoms with Gasteiger partial charge in [0.1, 0.15) is 0 Å². The zero-order valence-corrected chi connectivity index (χ0v) is 37.6. The molecule has 4 aromatic rings. The van der Waals surface area contributed by atoms with Gasteiger partial charge >= 0.3 is 301 Å². The van der Waals surface area contributed by atoms with E-state index in [0.29, 0.717) is 11.8 Å². The van der Waals surface area contributed by atoms with Crippen molar-refractivity contribution in [3.05, 3.63) is 133 Å². The third-order valence-electron chi connectivity index (χ3n) is 12.0. The Hall–Kier alpha value is -2.31. The number of allylic oxidation sites excluding steroid dienone is 4. The first-order valence-electron chi connectivity index (χ1n) is 18.6. The molecule has 0 aromatic heterocycles. The fourth-order valence-corrected chi connectivity index (χ4v) is 25.2. The van der Waals surface area contributed by atoms with Crippen LogP contribution in [0.1, 0.15) is 110 Å². The van der Waals surface area contributed by atoms with E-state index in [4.69, 9.17) is 4.21 Å². The molecule has 1 atom stereocenters. The predicted molar refractivity (Wildman–Crippen MR) is 229 cm³/mol. The summed E-state index contributed by atoms with van der Waals surface area (Å²) in [7, 11) is 0. The van der Waals surface area contributed by atoms with Gasteiger partial charge in [-0.3, -0.25) is 0 Å². The molecular weight excluding hydrogens is 739 g/mol. The molecule has 0 nitrogen and oxygen atoms in total. The molecule has 272 valence electrons. The van der Waals surface area contributed by atoms with Gasteiger partial charge in [-0.1, -0.05) is 0 Å². The number of halogens is 2. The molecule has 1 unspecified atom stereocenters. The molecule has 0 heterocycles. The first-order valence-corrected chi connectivity index (χ1v) is 25.2. The van der Waals surface area contributed by atoms with E-state index in [-0.39, 0.29) is 41.1 Å². The summed E-state index contributed by atoms with van der Waals surface area (Å²) in [5.41, 5.74) is 12.7. The maximum absolute atomic E-state index is 5.93. The number of aryl methyl sites for hydroxylation is 2. The van der Waals surface area contributed by atoms with Crippen LogP contribution in [0.4, 0.5) is 0 Å². The van der Waals surface area contributed by atoms with Crippen LogP contribution in [0.2, 0.25) is 0 Å². The van der Waals surface area contributed by atoms with Crippen molar-refractivity contribution in [1.29, 1.82) is 0 Å². The Morgan fingerprint density at radius 3 is 1.57 bits per heavy atom. The molecule has 6 rings (SSSR count). The molecule has 0 amide bonds. The summed E-state index contributed by atoms with van der Waals surface area (Å²) >= 11 is -5.05. The zero-order valence-electron chi connectivity index (χ0n) is 33.5. The molecule has 2 aliphatic rings. The Morgan fingerprint density at radius 1 is 0.627 bits per heavy atom. The Balaban J connectivity index is 0.00000292. The molecule has 0 N–H and O–H groups in total. The molecule has 0 saturated heterocycles. The fourth-order valence-electron chi connectivity index (χ4n) is 8.62. The molecule has 0 bridgehead atoms. The van der Waals surface area contributed by atoms with E-state index in [2.05, 4.69) is 181 Å². The van der Waals surface area contributed by atoms with E-state index in [0.717, 1.165) is 6.42 Å². The Bertz CT molecular complexity index is 2020. The van der Waals surface area contributed by atoms with Gasteiger partial charge in [-0.05, 0) is 0 Å². The fraction of sp³-hybridized carbons (Fsp3) is 0.396. The van der Waals surface area contributed by atoms with E-state index in [1.54, 1.807) is 3.28 Å². The van der Waals surface area contributed by atoms with Gasteiger partial charge in [-0.15, -0.1) is 24.8 Å². The Kier molecular flexibility index (Phi) is 11.2. The summed E-state index contributed by atoms with van der Waals surface area (Å²) in [4.78, 5) is 0. The second-order valence-corrected chi connectivity index (χ2v) is 31.8. The van der Waals surface area contributed by atoms with Crippen LogP contribution in [-0.4, -0.2) is 4.21 Å². The van der Waals surface area contributed by atoms with Crippen LogP contribution in [0.25, 0.3) is 11.1 Å². The summed E-state index contributed by atoms with van der Waals surface area (Å²) in [6.07, 6.45) is 6.22. The number of fused-ring (bicyclic) bond motifs is 3. The molecular formula is C48H62Cl2Zr. The average Bonchev–Trinajstić information content (AvgIpc) is 3.63. The Labute approximate surface area is 323 Å². The van der Waals surface area contributed by atoms with Crippen LogP contribution in [0, 0.1) is 31.1 Å². The molecule has 0 saturated carbocycles. The summed E-state index contributed by atoms with van der Waals surface area (Å²) in [5.74, 6) is 0.757. The molecule has 2 aliphatic carbocycles. The van der Waals surface area contributed by atoms with Gasteiger partial charge in [0.25, 0.3) is 0 Å². The van der Waals surface area contributed by atoms with Crippen molar-refractivity contribution >= 4 is 38.8 Å². The van der Waals surface area contributed by atoms with E-state index in [1.165, 1.54) is 59.9 Å². The third-order valence-corrected chi connectivity index (χ3v) is 28.2. The topological polar surface area (TPSA) is 0 Å². The first-order chi connectivity index (χ1) is 22.6. The van der Waals surface area contributed by atoms with Gasteiger partial charge in [0.05, 0.1) is 0 Å². The van der Waals surface area contributed by atoms with Crippen LogP contribution >= 0.6 is 24.8 Å². The van der Waals surface area contributed by atoms with Crippen molar-refractivity contribution in [2.75, 3.05) is 0 Å². The zero-order chi connectivity index (χ0) is 35.9. The second-order valence-electron chi connectivity index (χ2n) is 19.0. The van der Waals surface area contributed by atoms with Crippen molar-refractivity contribution in [2.45, 2.75) is 107 Å². The average molecular weight is 801 g/mol. The van der Waals surface area contributed by atoms with Crippen molar-refractivity contribution in [1.82, 2.24) is 0 Å². The molecule has 0 radical (unpaired) electrons. The van der Waals surface area contributed by atoms with Crippen molar-refractivity contribution in [2.24, 2.45) is 17.3 Å². The van der Waals surface area contributed by atoms with Gasteiger partial charge in [0, 0.05) is 0 Å². The van der Waals surface area contributed by atoms with E-state index in [1.807, 2.05) is 0 Å². The predicted octanol–water partition coefficient (Wildman–Crippen LogP) is 11.9. The number of rotatable bonds is 5. The van der Waals surface area contributed by atoms with Crippen LogP contribution in [0.3, 0.4) is 0 Å². The number of hydrogen-bond acceptors (Lipinski definition) is 0. The quantitative estimate of drug-likeness (QED) is 0.166. The minimum absolute atomic E-state index is 0. The van der Waals surface area contributed by atoms with Gasteiger partial charge in [0.2, 0.25) is 0 Å². The molecule has 0 fully saturated rings. The summed E-state index contributed by atoms with van der Waals surface area (Å²) in [5, 5.41) is 0. The number of hydrogen-bond donors (Lipinski definition) is 0. The van der Waals surface area contributed by atoms with Crippen molar-refractivity contribution < 1.29 is 18.3 Å². The number of benzene rings is 4. The summed E-state index contributed by atoms with van der Waals surface area (Å²) in [6, 6.07) is 31.8. The summed E-state index contributed by atoms with van der Waals surface area (Å²) < 4.78 is 11.9. The molecule has 3 heteroatoms. The van der Waals surface area contributed by atoms with E-state index >= 15 is 0 Å². The maximum atomic E-state index is 5.93. The van der Waals surface area contributed by atoms with Crippen molar-refractivity contribution in [3.8, 4) is 11.1 Å². The second kappa shape index (κ2) is 13.8.